The van der Waals surface area contributed by atoms with Gasteiger partial charge in [0.1, 0.15) is 6.54 Å². The van der Waals surface area contributed by atoms with Crippen molar-refractivity contribution in [3.8, 4) is 11.5 Å². The number of nitrogens with one attached hydrogen (secondary N) is 1. The molecule has 3 N–H and O–H groups in total. The molecule has 0 amide bonds. The molecule has 0 aliphatic carbocycles. The molecule has 2 aliphatic heterocycles. The van der Waals surface area contributed by atoms with Gasteiger partial charge < -0.3 is 19.7 Å². The molecule has 2 heterocycles. The molecule has 4 heteroatoms. The molecule has 132 valence electrons. The highest BCUT2D eigenvalue weighted by Gasteiger charge is 2.24. The number of ether oxygens (including phenoxy) is 2. The Morgan fingerprint density at radius 1 is 0.920 bits per heavy atom. The lowest BCUT2D eigenvalue weighted by atomic mass is 10.0. The number of hydrogen-bond donors (Lipinski definition) is 2. The highest BCUT2D eigenvalue weighted by atomic mass is 16.7. The standard InChI is InChI=1S/C21H26N2O2/c1-2-4-18(5-3-1)15-23-12-9-19(10-13-23)22-11-8-17-6-7-20-21(14-17)25-16-24-20/h1-7,14,19,22H,8-13,15-16H2/p+2. The molecule has 1 saturated heterocycles. The van der Waals surface area contributed by atoms with Crippen LogP contribution in [0.15, 0.2) is 48.5 Å². The van der Waals surface area contributed by atoms with Crippen LogP contribution in [-0.4, -0.2) is 32.5 Å². The van der Waals surface area contributed by atoms with Gasteiger partial charge in [-0.15, -0.1) is 0 Å². The molecule has 2 aromatic rings. The van der Waals surface area contributed by atoms with Crippen LogP contribution in [0.1, 0.15) is 24.0 Å². The molecule has 4 nitrogen and oxygen atoms in total. The fourth-order valence-corrected chi connectivity index (χ4v) is 3.93. The van der Waals surface area contributed by atoms with Crippen molar-refractivity contribution >= 4 is 0 Å². The second-order valence-electron chi connectivity index (χ2n) is 7.21. The minimum Gasteiger partial charge on any atom is -0.454 e. The van der Waals surface area contributed by atoms with Gasteiger partial charge in [0.2, 0.25) is 6.79 Å². The Hall–Kier alpha value is -2.04. The van der Waals surface area contributed by atoms with E-state index in [-0.39, 0.29) is 0 Å². The molecule has 1 fully saturated rings. The van der Waals surface area contributed by atoms with Gasteiger partial charge in [-0.1, -0.05) is 36.4 Å². The maximum Gasteiger partial charge on any atom is 0.231 e. The zero-order chi connectivity index (χ0) is 16.9. The average Bonchev–Trinajstić information content (AvgIpc) is 3.12. The largest absolute Gasteiger partial charge is 0.454 e. The van der Waals surface area contributed by atoms with Gasteiger partial charge in [-0.3, -0.25) is 0 Å². The van der Waals surface area contributed by atoms with Crippen molar-refractivity contribution in [3.63, 3.8) is 0 Å². The van der Waals surface area contributed by atoms with Crippen LogP contribution in [0.5, 0.6) is 11.5 Å². The lowest BCUT2D eigenvalue weighted by Gasteiger charge is -2.28. The van der Waals surface area contributed by atoms with E-state index in [1.54, 1.807) is 4.90 Å². The van der Waals surface area contributed by atoms with E-state index in [1.165, 1.54) is 43.6 Å². The second kappa shape index (κ2) is 7.89. The number of hydrogen-bond acceptors (Lipinski definition) is 2. The zero-order valence-corrected chi connectivity index (χ0v) is 14.7. The fraction of sp³-hybridized carbons (Fsp3) is 0.429. The van der Waals surface area contributed by atoms with E-state index < -0.39 is 0 Å². The molecule has 0 aromatic heterocycles. The van der Waals surface area contributed by atoms with Gasteiger partial charge in [0.25, 0.3) is 0 Å². The number of fused-ring (bicyclic) bond motifs is 1. The maximum atomic E-state index is 5.46. The summed E-state index contributed by atoms with van der Waals surface area (Å²) < 4.78 is 10.8. The van der Waals surface area contributed by atoms with Gasteiger partial charge in [-0.25, -0.2) is 0 Å². The smallest absolute Gasteiger partial charge is 0.231 e. The summed E-state index contributed by atoms with van der Waals surface area (Å²) in [6.07, 6.45) is 3.74. The van der Waals surface area contributed by atoms with E-state index in [0.717, 1.165) is 30.5 Å². The predicted molar refractivity (Wildman–Crippen MR) is 96.9 cm³/mol. The highest BCUT2D eigenvalue weighted by molar-refractivity contribution is 5.44. The van der Waals surface area contributed by atoms with Crippen molar-refractivity contribution in [1.82, 2.24) is 0 Å². The number of rotatable bonds is 6. The average molecular weight is 340 g/mol. The van der Waals surface area contributed by atoms with E-state index in [2.05, 4.69) is 47.8 Å². The Kier molecular flexibility index (Phi) is 5.19. The number of nitrogens with two attached hydrogens (primary N) is 1. The summed E-state index contributed by atoms with van der Waals surface area (Å²) >= 11 is 0. The molecule has 2 aliphatic rings. The van der Waals surface area contributed by atoms with Gasteiger partial charge >= 0.3 is 0 Å². The van der Waals surface area contributed by atoms with Crippen molar-refractivity contribution in [3.05, 3.63) is 59.7 Å². The van der Waals surface area contributed by atoms with Crippen LogP contribution >= 0.6 is 0 Å². The molecular formula is C21H28N2O2+2. The lowest BCUT2D eigenvalue weighted by molar-refractivity contribution is -0.926. The minimum absolute atomic E-state index is 0.356. The first-order valence-corrected chi connectivity index (χ1v) is 9.46. The summed E-state index contributed by atoms with van der Waals surface area (Å²) in [5.41, 5.74) is 2.80. The van der Waals surface area contributed by atoms with Crippen LogP contribution in [0.4, 0.5) is 0 Å². The highest BCUT2D eigenvalue weighted by Crippen LogP contribution is 2.32. The quantitative estimate of drug-likeness (QED) is 0.815. The van der Waals surface area contributed by atoms with Gasteiger partial charge in [0, 0.05) is 24.8 Å². The van der Waals surface area contributed by atoms with Crippen LogP contribution in [0, 0.1) is 0 Å². The van der Waals surface area contributed by atoms with E-state index in [1.807, 2.05) is 6.07 Å². The molecule has 4 rings (SSSR count). The van der Waals surface area contributed by atoms with Crippen molar-refractivity contribution in [2.24, 2.45) is 0 Å². The van der Waals surface area contributed by atoms with Crippen LogP contribution < -0.4 is 19.7 Å². The number of piperidine rings is 1. The summed E-state index contributed by atoms with van der Waals surface area (Å²) in [5, 5.41) is 2.55. The molecule has 0 radical (unpaired) electrons. The van der Waals surface area contributed by atoms with Crippen molar-refractivity contribution in [1.29, 1.82) is 0 Å². The van der Waals surface area contributed by atoms with E-state index in [9.17, 15) is 0 Å². The van der Waals surface area contributed by atoms with Gasteiger partial charge in [-0.2, -0.15) is 0 Å². The normalized spacial score (nSPS) is 22.1. The Labute approximate surface area is 149 Å². The monoisotopic (exact) mass is 340 g/mol. The Balaban J connectivity index is 1.18. The van der Waals surface area contributed by atoms with E-state index >= 15 is 0 Å². The third-order valence-electron chi connectivity index (χ3n) is 5.40. The Morgan fingerprint density at radius 3 is 2.56 bits per heavy atom. The number of likely N-dealkylation sites (tertiary alicyclic amines) is 1. The van der Waals surface area contributed by atoms with Gasteiger partial charge in [-0.05, 0) is 17.7 Å². The predicted octanol–water partition coefficient (Wildman–Crippen LogP) is 0.769. The summed E-state index contributed by atoms with van der Waals surface area (Å²) in [6, 6.07) is 18.0. The summed E-state index contributed by atoms with van der Waals surface area (Å²) in [5.74, 6) is 1.77. The Morgan fingerprint density at radius 2 is 1.72 bits per heavy atom. The van der Waals surface area contributed by atoms with Crippen molar-refractivity contribution < 1.29 is 19.7 Å². The third kappa shape index (κ3) is 4.33. The lowest BCUT2D eigenvalue weighted by Crippen LogP contribution is -3.13. The summed E-state index contributed by atoms with van der Waals surface area (Å²) in [6.45, 7) is 5.26. The van der Waals surface area contributed by atoms with Crippen LogP contribution in [0.3, 0.4) is 0 Å². The molecule has 0 atom stereocenters. The zero-order valence-electron chi connectivity index (χ0n) is 14.7. The fourth-order valence-electron chi connectivity index (χ4n) is 3.93. The first-order chi connectivity index (χ1) is 12.4. The molecule has 25 heavy (non-hydrogen) atoms. The van der Waals surface area contributed by atoms with Gasteiger partial charge in [0.15, 0.2) is 11.5 Å². The molecule has 0 spiro atoms. The van der Waals surface area contributed by atoms with Crippen molar-refractivity contribution in [2.45, 2.75) is 31.8 Å². The minimum atomic E-state index is 0.356. The number of benzene rings is 2. The molecule has 0 bridgehead atoms. The van der Waals surface area contributed by atoms with Crippen LogP contribution in [-0.2, 0) is 13.0 Å². The van der Waals surface area contributed by atoms with E-state index in [0.29, 0.717) is 6.79 Å². The first-order valence-electron chi connectivity index (χ1n) is 9.46. The SMILES string of the molecule is c1ccc(C[NH+]2CCC([NH2+]CCc3ccc4c(c3)OCO4)CC2)cc1. The number of quaternary nitrogens is 2. The molecule has 0 saturated carbocycles. The maximum absolute atomic E-state index is 5.46. The molecule has 2 aromatic carbocycles. The second-order valence-corrected chi connectivity index (χ2v) is 7.21. The topological polar surface area (TPSA) is 39.5 Å². The first kappa shape index (κ1) is 16.4. The van der Waals surface area contributed by atoms with Crippen LogP contribution in [0.25, 0.3) is 0 Å². The molecule has 0 unspecified atom stereocenters. The van der Waals surface area contributed by atoms with Crippen molar-refractivity contribution in [2.75, 3.05) is 26.4 Å². The summed E-state index contributed by atoms with van der Waals surface area (Å²) in [4.78, 5) is 1.73. The van der Waals surface area contributed by atoms with Gasteiger partial charge in [0.05, 0.1) is 25.7 Å². The van der Waals surface area contributed by atoms with Crippen LogP contribution in [0.2, 0.25) is 0 Å². The van der Waals surface area contributed by atoms with E-state index in [4.69, 9.17) is 9.47 Å². The molecular weight excluding hydrogens is 312 g/mol. The summed E-state index contributed by atoms with van der Waals surface area (Å²) in [7, 11) is 0. The Bertz CT molecular complexity index is 682. The third-order valence-corrected chi connectivity index (χ3v) is 5.40.